The summed E-state index contributed by atoms with van der Waals surface area (Å²) < 4.78 is 10.8. The van der Waals surface area contributed by atoms with E-state index in [0.29, 0.717) is 40.2 Å². The molecule has 3 aromatic carbocycles. The summed E-state index contributed by atoms with van der Waals surface area (Å²) in [6.45, 7) is 0.736. The molecule has 8 nitrogen and oxygen atoms in total. The number of amides is 2. The molecular formula is C27H22N4O4S. The Balaban J connectivity index is 1.13. The Labute approximate surface area is 211 Å². The van der Waals surface area contributed by atoms with Crippen molar-refractivity contribution in [1.82, 2.24) is 15.1 Å². The van der Waals surface area contributed by atoms with Crippen LogP contribution in [-0.4, -0.2) is 46.3 Å². The first-order valence-electron chi connectivity index (χ1n) is 11.7. The van der Waals surface area contributed by atoms with Gasteiger partial charge in [0.25, 0.3) is 5.91 Å². The van der Waals surface area contributed by atoms with Gasteiger partial charge in [0.05, 0.1) is 0 Å². The van der Waals surface area contributed by atoms with Crippen LogP contribution in [0.25, 0.3) is 21.7 Å². The molecule has 4 aromatic rings. The molecule has 2 aliphatic rings. The molecular weight excluding hydrogens is 476 g/mol. The summed E-state index contributed by atoms with van der Waals surface area (Å²) in [6, 6.07) is 22.5. The number of nitrogens with one attached hydrogen (secondary N) is 1. The minimum atomic E-state index is -0.552. The number of benzene rings is 3. The highest BCUT2D eigenvalue weighted by Crippen LogP contribution is 2.37. The van der Waals surface area contributed by atoms with Crippen molar-refractivity contribution >= 4 is 28.3 Å². The lowest BCUT2D eigenvalue weighted by Crippen LogP contribution is -2.43. The molecule has 0 spiro atoms. The molecule has 2 amide bonds. The molecule has 9 heteroatoms. The predicted molar refractivity (Wildman–Crippen MR) is 136 cm³/mol. The van der Waals surface area contributed by atoms with Crippen LogP contribution in [0.5, 0.6) is 11.5 Å². The lowest BCUT2D eigenvalue weighted by atomic mass is 10.0. The van der Waals surface area contributed by atoms with Gasteiger partial charge in [0.2, 0.25) is 17.8 Å². The first-order valence-corrected chi connectivity index (χ1v) is 12.5. The number of hydrogen-bond acceptors (Lipinski definition) is 7. The van der Waals surface area contributed by atoms with Gasteiger partial charge in [-0.2, -0.15) is 0 Å². The number of anilines is 1. The van der Waals surface area contributed by atoms with E-state index in [2.05, 4.69) is 15.5 Å². The number of ether oxygens (including phenoxy) is 2. The SMILES string of the molecule is O=C(Nc1nnc(-c2ccc3c(c2)OCO3)s1)C1CCCN1C(=O)c1ccc(-c2ccccc2)cc1. The zero-order chi connectivity index (χ0) is 24.5. The summed E-state index contributed by atoms with van der Waals surface area (Å²) in [5.74, 6) is 0.948. The van der Waals surface area contributed by atoms with Crippen molar-refractivity contribution in [3.05, 3.63) is 78.4 Å². The minimum absolute atomic E-state index is 0.148. The minimum Gasteiger partial charge on any atom is -0.454 e. The zero-order valence-corrected chi connectivity index (χ0v) is 20.0. The molecule has 0 saturated carbocycles. The second-order valence-corrected chi connectivity index (χ2v) is 9.55. The summed E-state index contributed by atoms with van der Waals surface area (Å²) in [5.41, 5.74) is 3.52. The maximum Gasteiger partial charge on any atom is 0.254 e. The summed E-state index contributed by atoms with van der Waals surface area (Å²) in [5, 5.41) is 12.2. The van der Waals surface area contributed by atoms with Gasteiger partial charge in [0.15, 0.2) is 11.5 Å². The molecule has 1 saturated heterocycles. The van der Waals surface area contributed by atoms with E-state index in [1.54, 1.807) is 4.90 Å². The maximum atomic E-state index is 13.2. The van der Waals surface area contributed by atoms with E-state index in [0.717, 1.165) is 23.1 Å². The van der Waals surface area contributed by atoms with E-state index >= 15 is 0 Å². The second kappa shape index (κ2) is 9.43. The van der Waals surface area contributed by atoms with E-state index < -0.39 is 6.04 Å². The summed E-state index contributed by atoms with van der Waals surface area (Å²) in [7, 11) is 0. The number of fused-ring (bicyclic) bond motifs is 1. The number of nitrogens with zero attached hydrogens (tertiary/aromatic N) is 3. The van der Waals surface area contributed by atoms with Gasteiger partial charge in [0.1, 0.15) is 11.0 Å². The smallest absolute Gasteiger partial charge is 0.254 e. The first-order chi connectivity index (χ1) is 17.7. The highest BCUT2D eigenvalue weighted by Gasteiger charge is 2.35. The Kier molecular flexibility index (Phi) is 5.82. The van der Waals surface area contributed by atoms with Crippen LogP contribution >= 0.6 is 11.3 Å². The van der Waals surface area contributed by atoms with Gasteiger partial charge in [-0.1, -0.05) is 53.8 Å². The molecule has 36 heavy (non-hydrogen) atoms. The molecule has 2 aliphatic heterocycles. The Bertz CT molecular complexity index is 1420. The average Bonchev–Trinajstić information content (AvgIpc) is 3.69. The second-order valence-electron chi connectivity index (χ2n) is 8.57. The lowest BCUT2D eigenvalue weighted by Gasteiger charge is -2.23. The quantitative estimate of drug-likeness (QED) is 0.423. The maximum absolute atomic E-state index is 13.2. The van der Waals surface area contributed by atoms with Crippen LogP contribution in [0.2, 0.25) is 0 Å². The number of rotatable bonds is 5. The van der Waals surface area contributed by atoms with E-state index in [1.165, 1.54) is 11.3 Å². The van der Waals surface area contributed by atoms with Crippen molar-refractivity contribution in [2.75, 3.05) is 18.7 Å². The van der Waals surface area contributed by atoms with Crippen molar-refractivity contribution in [2.45, 2.75) is 18.9 Å². The highest BCUT2D eigenvalue weighted by molar-refractivity contribution is 7.18. The Morgan fingerprint density at radius 3 is 2.47 bits per heavy atom. The van der Waals surface area contributed by atoms with Crippen LogP contribution in [-0.2, 0) is 4.79 Å². The van der Waals surface area contributed by atoms with Gasteiger partial charge >= 0.3 is 0 Å². The normalized spacial score (nSPS) is 16.2. The van der Waals surface area contributed by atoms with E-state index in [1.807, 2.05) is 72.8 Å². The third-order valence-electron chi connectivity index (χ3n) is 6.33. The van der Waals surface area contributed by atoms with Crippen LogP contribution in [0.4, 0.5) is 5.13 Å². The number of hydrogen-bond donors (Lipinski definition) is 1. The third kappa shape index (κ3) is 4.29. The number of aromatic nitrogens is 2. The van der Waals surface area contributed by atoms with Gasteiger partial charge in [-0.3, -0.25) is 14.9 Å². The number of likely N-dealkylation sites (tertiary alicyclic amines) is 1. The van der Waals surface area contributed by atoms with E-state index in [-0.39, 0.29) is 18.6 Å². The van der Waals surface area contributed by atoms with Crippen molar-refractivity contribution in [1.29, 1.82) is 0 Å². The van der Waals surface area contributed by atoms with E-state index in [4.69, 9.17) is 9.47 Å². The van der Waals surface area contributed by atoms with Crippen LogP contribution in [0.15, 0.2) is 72.8 Å². The van der Waals surface area contributed by atoms with Gasteiger partial charge in [-0.15, -0.1) is 10.2 Å². The molecule has 0 radical (unpaired) electrons. The fraction of sp³-hybridized carbons (Fsp3) is 0.185. The molecule has 1 aromatic heterocycles. The van der Waals surface area contributed by atoms with Crippen molar-refractivity contribution < 1.29 is 19.1 Å². The monoisotopic (exact) mass is 498 g/mol. The first kappa shape index (κ1) is 22.2. The number of carbonyl (C=O) groups excluding carboxylic acids is 2. The van der Waals surface area contributed by atoms with Crippen LogP contribution in [0.1, 0.15) is 23.2 Å². The number of carbonyl (C=O) groups is 2. The standard InChI is InChI=1S/C27H22N4O4S/c32-24(28-27-30-29-25(36-27)20-12-13-22-23(15-20)35-16-34-22)21-7-4-14-31(21)26(33)19-10-8-18(9-11-19)17-5-2-1-3-6-17/h1-3,5-6,8-13,15,21H,4,7,14,16H2,(H,28,30,32). The van der Waals surface area contributed by atoms with Gasteiger partial charge in [-0.25, -0.2) is 0 Å². The fourth-order valence-corrected chi connectivity index (χ4v) is 5.24. The summed E-state index contributed by atoms with van der Waals surface area (Å²) >= 11 is 1.27. The van der Waals surface area contributed by atoms with Gasteiger partial charge < -0.3 is 14.4 Å². The summed E-state index contributed by atoms with van der Waals surface area (Å²) in [4.78, 5) is 28.0. The van der Waals surface area contributed by atoms with Gasteiger partial charge in [-0.05, 0) is 54.3 Å². The fourth-order valence-electron chi connectivity index (χ4n) is 4.49. The Morgan fingerprint density at radius 2 is 1.64 bits per heavy atom. The van der Waals surface area contributed by atoms with Crippen molar-refractivity contribution in [3.63, 3.8) is 0 Å². The average molecular weight is 499 g/mol. The van der Waals surface area contributed by atoms with Gasteiger partial charge in [0, 0.05) is 17.7 Å². The summed E-state index contributed by atoms with van der Waals surface area (Å²) in [6.07, 6.45) is 1.37. The van der Waals surface area contributed by atoms with Crippen LogP contribution in [0.3, 0.4) is 0 Å². The van der Waals surface area contributed by atoms with Crippen LogP contribution in [0, 0.1) is 0 Å². The predicted octanol–water partition coefficient (Wildman–Crippen LogP) is 4.84. The lowest BCUT2D eigenvalue weighted by molar-refractivity contribution is -0.119. The topological polar surface area (TPSA) is 93.7 Å². The molecule has 0 aliphatic carbocycles. The molecule has 1 atom stereocenters. The van der Waals surface area contributed by atoms with Crippen LogP contribution < -0.4 is 14.8 Å². The molecule has 180 valence electrons. The largest absolute Gasteiger partial charge is 0.454 e. The zero-order valence-electron chi connectivity index (χ0n) is 19.2. The van der Waals surface area contributed by atoms with Crippen molar-refractivity contribution in [2.24, 2.45) is 0 Å². The molecule has 1 unspecified atom stereocenters. The van der Waals surface area contributed by atoms with Crippen molar-refractivity contribution in [3.8, 4) is 33.2 Å². The Hall–Kier alpha value is -4.24. The molecule has 3 heterocycles. The molecule has 0 bridgehead atoms. The molecule has 6 rings (SSSR count). The van der Waals surface area contributed by atoms with E-state index in [9.17, 15) is 9.59 Å². The Morgan fingerprint density at radius 1 is 0.889 bits per heavy atom. The molecule has 1 N–H and O–H groups in total. The highest BCUT2D eigenvalue weighted by atomic mass is 32.1. The third-order valence-corrected chi connectivity index (χ3v) is 7.22. The molecule has 1 fully saturated rings.